The van der Waals surface area contributed by atoms with Gasteiger partial charge in [-0.15, -0.1) is 0 Å². The zero-order valence-electron chi connectivity index (χ0n) is 7.96. The maximum atomic E-state index is 4.47. The van der Waals surface area contributed by atoms with Crippen molar-refractivity contribution in [1.82, 2.24) is 9.97 Å². The van der Waals surface area contributed by atoms with Gasteiger partial charge in [-0.1, -0.05) is 12.1 Å². The summed E-state index contributed by atoms with van der Waals surface area (Å²) in [6.45, 7) is 0. The molecule has 14 heavy (non-hydrogen) atoms. The van der Waals surface area contributed by atoms with Gasteiger partial charge < -0.3 is 10.3 Å². The van der Waals surface area contributed by atoms with Gasteiger partial charge in [0.05, 0.1) is 11.0 Å². The number of imidazole rings is 1. The third-order valence-corrected chi connectivity index (χ3v) is 2.84. The molecular formula is C11H13N3. The maximum Gasteiger partial charge on any atom is 0.201 e. The predicted molar refractivity (Wildman–Crippen MR) is 57.4 cm³/mol. The molecule has 0 radical (unpaired) electrons. The van der Waals surface area contributed by atoms with Crippen molar-refractivity contribution in [2.24, 2.45) is 0 Å². The van der Waals surface area contributed by atoms with Crippen LogP contribution in [0.5, 0.6) is 0 Å². The van der Waals surface area contributed by atoms with E-state index < -0.39 is 0 Å². The van der Waals surface area contributed by atoms with Crippen molar-refractivity contribution in [2.75, 3.05) is 5.32 Å². The molecule has 3 nitrogen and oxygen atoms in total. The van der Waals surface area contributed by atoms with Gasteiger partial charge >= 0.3 is 0 Å². The topological polar surface area (TPSA) is 40.7 Å². The average Bonchev–Trinajstić information content (AvgIpc) is 2.53. The summed E-state index contributed by atoms with van der Waals surface area (Å²) in [6.07, 6.45) is 3.89. The molecular weight excluding hydrogens is 174 g/mol. The minimum absolute atomic E-state index is 0.635. The quantitative estimate of drug-likeness (QED) is 0.758. The summed E-state index contributed by atoms with van der Waals surface area (Å²) in [6, 6.07) is 8.74. The molecule has 3 rings (SSSR count). The van der Waals surface area contributed by atoms with Crippen molar-refractivity contribution >= 4 is 17.0 Å². The Morgan fingerprint density at radius 2 is 2.14 bits per heavy atom. The molecule has 0 bridgehead atoms. The third kappa shape index (κ3) is 1.25. The molecule has 2 N–H and O–H groups in total. The Hall–Kier alpha value is -1.51. The standard InChI is InChI=1S/C11H13N3/c1-2-7-10-9(6-1)13-11(14-10)12-8-4-3-5-8/h1-2,6-8H,3-5H2,(H2,12,13,14). The van der Waals surface area contributed by atoms with Gasteiger partial charge in [0.1, 0.15) is 0 Å². The summed E-state index contributed by atoms with van der Waals surface area (Å²) in [5.74, 6) is 0.913. The van der Waals surface area contributed by atoms with Crippen LogP contribution in [0.3, 0.4) is 0 Å². The number of fused-ring (bicyclic) bond motifs is 1. The number of anilines is 1. The Kier molecular flexibility index (Phi) is 1.69. The second-order valence-electron chi connectivity index (χ2n) is 3.87. The highest BCUT2D eigenvalue weighted by atomic mass is 15.1. The molecule has 0 saturated heterocycles. The monoisotopic (exact) mass is 187 g/mol. The first kappa shape index (κ1) is 7.85. The Morgan fingerprint density at radius 3 is 2.86 bits per heavy atom. The SMILES string of the molecule is c1ccc2[nH]c(NC3CCC3)nc2c1. The second-order valence-corrected chi connectivity index (χ2v) is 3.87. The number of nitrogens with zero attached hydrogens (tertiary/aromatic N) is 1. The maximum absolute atomic E-state index is 4.47. The van der Waals surface area contributed by atoms with Gasteiger partial charge in [0.2, 0.25) is 5.95 Å². The molecule has 0 amide bonds. The van der Waals surface area contributed by atoms with E-state index in [0.717, 1.165) is 17.0 Å². The van der Waals surface area contributed by atoms with Gasteiger partial charge in [0.25, 0.3) is 0 Å². The number of hydrogen-bond acceptors (Lipinski definition) is 2. The van der Waals surface area contributed by atoms with Gasteiger partial charge in [-0.3, -0.25) is 0 Å². The van der Waals surface area contributed by atoms with E-state index in [9.17, 15) is 0 Å². The molecule has 1 aromatic carbocycles. The number of aromatic amines is 1. The Bertz CT molecular complexity index is 409. The first-order valence-electron chi connectivity index (χ1n) is 5.13. The van der Waals surface area contributed by atoms with E-state index in [0.29, 0.717) is 6.04 Å². The largest absolute Gasteiger partial charge is 0.353 e. The van der Waals surface area contributed by atoms with E-state index in [1.807, 2.05) is 24.3 Å². The summed E-state index contributed by atoms with van der Waals surface area (Å²) in [7, 11) is 0. The van der Waals surface area contributed by atoms with E-state index >= 15 is 0 Å². The molecule has 0 atom stereocenters. The molecule has 0 unspecified atom stereocenters. The molecule has 0 aliphatic heterocycles. The first-order chi connectivity index (χ1) is 6.92. The normalized spacial score (nSPS) is 16.9. The fourth-order valence-corrected chi connectivity index (χ4v) is 1.77. The number of para-hydroxylation sites is 2. The molecule has 1 aliphatic rings. The Morgan fingerprint density at radius 1 is 1.29 bits per heavy atom. The average molecular weight is 187 g/mol. The zero-order valence-corrected chi connectivity index (χ0v) is 7.96. The van der Waals surface area contributed by atoms with Crippen molar-refractivity contribution in [1.29, 1.82) is 0 Å². The lowest BCUT2D eigenvalue weighted by atomic mass is 9.93. The number of benzene rings is 1. The van der Waals surface area contributed by atoms with E-state index in [2.05, 4.69) is 15.3 Å². The Balaban J connectivity index is 1.89. The smallest absolute Gasteiger partial charge is 0.201 e. The second kappa shape index (κ2) is 3.01. The number of rotatable bonds is 2. The van der Waals surface area contributed by atoms with Crippen LogP contribution in [0.2, 0.25) is 0 Å². The van der Waals surface area contributed by atoms with Crippen LogP contribution in [-0.2, 0) is 0 Å². The van der Waals surface area contributed by atoms with Crippen molar-refractivity contribution in [3.8, 4) is 0 Å². The van der Waals surface area contributed by atoms with Crippen LogP contribution >= 0.6 is 0 Å². The minimum atomic E-state index is 0.635. The van der Waals surface area contributed by atoms with Crippen molar-refractivity contribution in [2.45, 2.75) is 25.3 Å². The summed E-state index contributed by atoms with van der Waals surface area (Å²) in [5.41, 5.74) is 2.14. The molecule has 72 valence electrons. The first-order valence-corrected chi connectivity index (χ1v) is 5.13. The van der Waals surface area contributed by atoms with Crippen molar-refractivity contribution in [3.05, 3.63) is 24.3 Å². The molecule has 1 saturated carbocycles. The summed E-state index contributed by atoms with van der Waals surface area (Å²) >= 11 is 0. The lowest BCUT2D eigenvalue weighted by Gasteiger charge is -2.25. The summed E-state index contributed by atoms with van der Waals surface area (Å²) in [5, 5.41) is 3.40. The van der Waals surface area contributed by atoms with Crippen LogP contribution in [0.1, 0.15) is 19.3 Å². The fraction of sp³-hybridized carbons (Fsp3) is 0.364. The van der Waals surface area contributed by atoms with E-state index in [-0.39, 0.29) is 0 Å². The number of hydrogen-bond donors (Lipinski definition) is 2. The van der Waals surface area contributed by atoms with Gasteiger partial charge in [-0.05, 0) is 31.4 Å². The predicted octanol–water partition coefficient (Wildman–Crippen LogP) is 2.53. The van der Waals surface area contributed by atoms with Crippen LogP contribution in [-0.4, -0.2) is 16.0 Å². The molecule has 2 aromatic rings. The molecule has 3 heteroatoms. The summed E-state index contributed by atoms with van der Waals surface area (Å²) in [4.78, 5) is 7.74. The van der Waals surface area contributed by atoms with Gasteiger partial charge in [-0.25, -0.2) is 4.98 Å². The van der Waals surface area contributed by atoms with Gasteiger partial charge in [0.15, 0.2) is 0 Å². The molecule has 1 aliphatic carbocycles. The molecule has 1 aromatic heterocycles. The van der Waals surface area contributed by atoms with Gasteiger partial charge in [0, 0.05) is 6.04 Å². The van der Waals surface area contributed by atoms with Crippen molar-refractivity contribution < 1.29 is 0 Å². The van der Waals surface area contributed by atoms with E-state index in [1.54, 1.807) is 0 Å². The highest BCUT2D eigenvalue weighted by Crippen LogP contribution is 2.23. The van der Waals surface area contributed by atoms with Crippen LogP contribution in [0.4, 0.5) is 5.95 Å². The van der Waals surface area contributed by atoms with E-state index in [4.69, 9.17) is 0 Å². The van der Waals surface area contributed by atoms with Gasteiger partial charge in [-0.2, -0.15) is 0 Å². The van der Waals surface area contributed by atoms with Crippen LogP contribution < -0.4 is 5.32 Å². The number of nitrogens with one attached hydrogen (secondary N) is 2. The third-order valence-electron chi connectivity index (χ3n) is 2.84. The van der Waals surface area contributed by atoms with Crippen LogP contribution in [0.15, 0.2) is 24.3 Å². The minimum Gasteiger partial charge on any atom is -0.353 e. The fourth-order valence-electron chi connectivity index (χ4n) is 1.77. The molecule has 1 heterocycles. The van der Waals surface area contributed by atoms with Crippen LogP contribution in [0, 0.1) is 0 Å². The number of H-pyrrole nitrogens is 1. The molecule has 0 spiro atoms. The van der Waals surface area contributed by atoms with E-state index in [1.165, 1.54) is 19.3 Å². The highest BCUT2D eigenvalue weighted by molar-refractivity contribution is 5.77. The highest BCUT2D eigenvalue weighted by Gasteiger charge is 2.17. The zero-order chi connectivity index (χ0) is 9.38. The van der Waals surface area contributed by atoms with Crippen molar-refractivity contribution in [3.63, 3.8) is 0 Å². The lowest BCUT2D eigenvalue weighted by molar-refractivity contribution is 0.443. The summed E-state index contributed by atoms with van der Waals surface area (Å²) < 4.78 is 0. The molecule has 1 fully saturated rings. The Labute approximate surface area is 82.5 Å². The lowest BCUT2D eigenvalue weighted by Crippen LogP contribution is -2.27. The van der Waals surface area contributed by atoms with Crippen LogP contribution in [0.25, 0.3) is 11.0 Å². The number of aromatic nitrogens is 2.